The largest absolute Gasteiger partial charge is 0.487 e. The number of hydrogen-bond acceptors (Lipinski definition) is 4. The van der Waals surface area contributed by atoms with E-state index in [1.807, 2.05) is 6.07 Å². The summed E-state index contributed by atoms with van der Waals surface area (Å²) in [5, 5.41) is 21.5. The number of benzene rings is 2. The van der Waals surface area contributed by atoms with Crippen molar-refractivity contribution < 1.29 is 23.7 Å². The maximum absolute atomic E-state index is 13.8. The van der Waals surface area contributed by atoms with Gasteiger partial charge in [-0.2, -0.15) is 0 Å². The third-order valence-corrected chi connectivity index (χ3v) is 6.64. The summed E-state index contributed by atoms with van der Waals surface area (Å²) < 4.78 is 32.6. The van der Waals surface area contributed by atoms with Gasteiger partial charge in [0.2, 0.25) is 0 Å². The van der Waals surface area contributed by atoms with E-state index < -0.39 is 23.3 Å². The Hall–Kier alpha value is -2.02. The van der Waals surface area contributed by atoms with Crippen LogP contribution < -0.4 is 4.74 Å². The molecule has 2 aromatic rings. The van der Waals surface area contributed by atoms with Crippen LogP contribution in [0.3, 0.4) is 0 Å². The monoisotopic (exact) mass is 417 g/mol. The van der Waals surface area contributed by atoms with Gasteiger partial charge in [-0.3, -0.25) is 4.90 Å². The normalized spacial score (nSPS) is 30.2. The molecule has 0 amide bonds. The van der Waals surface area contributed by atoms with E-state index in [2.05, 4.69) is 29.2 Å². The smallest absolute Gasteiger partial charge is 0.165 e. The molecule has 2 atom stereocenters. The molecular formula is C24H29F2NO3. The zero-order valence-electron chi connectivity index (χ0n) is 17.0. The summed E-state index contributed by atoms with van der Waals surface area (Å²) in [7, 11) is 0. The maximum atomic E-state index is 13.8. The molecule has 1 saturated carbocycles. The van der Waals surface area contributed by atoms with E-state index in [4.69, 9.17) is 4.74 Å². The van der Waals surface area contributed by atoms with Gasteiger partial charge in [-0.15, -0.1) is 0 Å². The van der Waals surface area contributed by atoms with Gasteiger partial charge in [0.1, 0.15) is 18.0 Å². The van der Waals surface area contributed by atoms with Crippen molar-refractivity contribution >= 4 is 0 Å². The van der Waals surface area contributed by atoms with E-state index >= 15 is 0 Å². The standard InChI is InChI=1S/C24H29F2NO3/c25-19-8-11-21(26)22(14-19)30-16-24(29)15-27(13-12-23(24)28)20-9-6-18(7-10-20)17-4-2-1-3-5-17/h1-5,8,11,14,18,20,23,28-29H,6-7,9-10,12-13,15-16H2/t18?,20?,23-,24-/m0/s1. The number of aliphatic hydroxyl groups is 2. The summed E-state index contributed by atoms with van der Waals surface area (Å²) in [6.07, 6.45) is 3.71. The fourth-order valence-electron chi connectivity index (χ4n) is 4.84. The highest BCUT2D eigenvalue weighted by Crippen LogP contribution is 2.36. The van der Waals surface area contributed by atoms with E-state index in [1.165, 1.54) is 5.56 Å². The van der Waals surface area contributed by atoms with Gasteiger partial charge in [0.25, 0.3) is 0 Å². The lowest BCUT2D eigenvalue weighted by Gasteiger charge is -2.46. The summed E-state index contributed by atoms with van der Waals surface area (Å²) in [5.41, 5.74) is -0.139. The number of hydrogen-bond donors (Lipinski definition) is 2. The number of aliphatic hydroxyl groups excluding tert-OH is 1. The number of β-amino-alcohol motifs (C(OH)–C–C–N with tert-alkyl or cyclic N) is 1. The highest BCUT2D eigenvalue weighted by molar-refractivity contribution is 5.25. The Morgan fingerprint density at radius 3 is 2.47 bits per heavy atom. The molecule has 0 spiro atoms. The third kappa shape index (κ3) is 4.66. The van der Waals surface area contributed by atoms with Gasteiger partial charge in [0.05, 0.1) is 6.10 Å². The molecule has 162 valence electrons. The molecule has 0 bridgehead atoms. The highest BCUT2D eigenvalue weighted by Gasteiger charge is 2.44. The molecule has 2 aliphatic rings. The minimum atomic E-state index is -1.52. The van der Waals surface area contributed by atoms with Crippen LogP contribution in [0.4, 0.5) is 8.78 Å². The first kappa shape index (κ1) is 21.2. The van der Waals surface area contributed by atoms with Crippen molar-refractivity contribution in [1.82, 2.24) is 4.90 Å². The van der Waals surface area contributed by atoms with Gasteiger partial charge in [0, 0.05) is 25.2 Å². The molecule has 1 aliphatic carbocycles. The summed E-state index contributed by atoms with van der Waals surface area (Å²) in [4.78, 5) is 2.22. The van der Waals surface area contributed by atoms with Crippen molar-refractivity contribution in [1.29, 1.82) is 0 Å². The summed E-state index contributed by atoms with van der Waals surface area (Å²) in [5.74, 6) is -0.993. The molecule has 30 heavy (non-hydrogen) atoms. The maximum Gasteiger partial charge on any atom is 0.165 e. The topological polar surface area (TPSA) is 52.9 Å². The SMILES string of the molecule is O[C@H]1CCN(C2CCC(c3ccccc3)CC2)C[C@]1(O)COc1cc(F)ccc1F. The molecule has 1 heterocycles. The molecule has 2 aromatic carbocycles. The van der Waals surface area contributed by atoms with Crippen molar-refractivity contribution in [2.75, 3.05) is 19.7 Å². The van der Waals surface area contributed by atoms with Crippen LogP contribution in [0.2, 0.25) is 0 Å². The number of piperidine rings is 1. The molecule has 1 aliphatic heterocycles. The van der Waals surface area contributed by atoms with Gasteiger partial charge in [-0.25, -0.2) is 8.78 Å². The Bertz CT molecular complexity index is 842. The summed E-state index contributed by atoms with van der Waals surface area (Å²) >= 11 is 0. The van der Waals surface area contributed by atoms with Gasteiger partial charge < -0.3 is 14.9 Å². The number of likely N-dealkylation sites (tertiary alicyclic amines) is 1. The van der Waals surface area contributed by atoms with Gasteiger partial charge >= 0.3 is 0 Å². The number of ether oxygens (including phenoxy) is 1. The number of nitrogens with zero attached hydrogens (tertiary/aromatic N) is 1. The Labute approximate surface area is 176 Å². The van der Waals surface area contributed by atoms with Crippen molar-refractivity contribution in [2.45, 2.75) is 55.8 Å². The molecule has 4 nitrogen and oxygen atoms in total. The predicted molar refractivity (Wildman–Crippen MR) is 110 cm³/mol. The fraction of sp³-hybridized carbons (Fsp3) is 0.500. The minimum Gasteiger partial charge on any atom is -0.487 e. The van der Waals surface area contributed by atoms with Crippen LogP contribution in [0.1, 0.15) is 43.6 Å². The van der Waals surface area contributed by atoms with Crippen LogP contribution in [0, 0.1) is 11.6 Å². The lowest BCUT2D eigenvalue weighted by atomic mass is 9.80. The first-order valence-corrected chi connectivity index (χ1v) is 10.7. The van der Waals surface area contributed by atoms with E-state index in [0.29, 0.717) is 24.9 Å². The molecule has 2 N–H and O–H groups in total. The average Bonchev–Trinajstić information content (AvgIpc) is 2.77. The van der Waals surface area contributed by atoms with E-state index in [1.54, 1.807) is 0 Å². The zero-order valence-corrected chi connectivity index (χ0v) is 17.0. The van der Waals surface area contributed by atoms with Crippen LogP contribution in [0.5, 0.6) is 5.75 Å². The molecule has 1 saturated heterocycles. The first-order chi connectivity index (χ1) is 14.4. The molecule has 0 radical (unpaired) electrons. The minimum absolute atomic E-state index is 0.254. The quantitative estimate of drug-likeness (QED) is 0.776. The predicted octanol–water partition coefficient (Wildman–Crippen LogP) is 3.87. The van der Waals surface area contributed by atoms with Crippen molar-refractivity contribution in [3.63, 3.8) is 0 Å². The Balaban J connectivity index is 1.36. The number of halogens is 2. The van der Waals surface area contributed by atoms with E-state index in [-0.39, 0.29) is 18.9 Å². The van der Waals surface area contributed by atoms with Crippen molar-refractivity contribution in [2.24, 2.45) is 0 Å². The second-order valence-electron chi connectivity index (χ2n) is 8.66. The van der Waals surface area contributed by atoms with Gasteiger partial charge in [0.15, 0.2) is 11.6 Å². The lowest BCUT2D eigenvalue weighted by molar-refractivity contribution is -0.147. The van der Waals surface area contributed by atoms with Gasteiger partial charge in [-0.1, -0.05) is 30.3 Å². The van der Waals surface area contributed by atoms with Gasteiger partial charge in [-0.05, 0) is 55.7 Å². The Morgan fingerprint density at radius 2 is 1.73 bits per heavy atom. The second-order valence-corrected chi connectivity index (χ2v) is 8.66. The van der Waals surface area contributed by atoms with Crippen LogP contribution >= 0.6 is 0 Å². The molecule has 0 aromatic heterocycles. The van der Waals surface area contributed by atoms with E-state index in [9.17, 15) is 19.0 Å². The van der Waals surface area contributed by atoms with Crippen LogP contribution in [0.25, 0.3) is 0 Å². The van der Waals surface area contributed by atoms with E-state index in [0.717, 1.165) is 43.9 Å². The molecule has 0 unspecified atom stereocenters. The average molecular weight is 417 g/mol. The number of rotatable bonds is 5. The Morgan fingerprint density at radius 1 is 1.00 bits per heavy atom. The highest BCUT2D eigenvalue weighted by atomic mass is 19.1. The van der Waals surface area contributed by atoms with Crippen LogP contribution in [-0.2, 0) is 0 Å². The van der Waals surface area contributed by atoms with Crippen molar-refractivity contribution in [3.05, 3.63) is 65.7 Å². The van der Waals surface area contributed by atoms with Crippen LogP contribution in [-0.4, -0.2) is 52.6 Å². The second kappa shape index (κ2) is 9.00. The molecule has 4 rings (SSSR count). The third-order valence-electron chi connectivity index (χ3n) is 6.64. The molecule has 6 heteroatoms. The lowest BCUT2D eigenvalue weighted by Crippen LogP contribution is -2.62. The Kier molecular flexibility index (Phi) is 6.37. The first-order valence-electron chi connectivity index (χ1n) is 10.7. The van der Waals surface area contributed by atoms with Crippen molar-refractivity contribution in [3.8, 4) is 5.75 Å². The molecule has 2 fully saturated rings. The fourth-order valence-corrected chi connectivity index (χ4v) is 4.84. The van der Waals surface area contributed by atoms with Crippen LogP contribution in [0.15, 0.2) is 48.5 Å². The molecular weight excluding hydrogens is 388 g/mol. The zero-order chi connectivity index (χ0) is 21.1. The summed E-state index contributed by atoms with van der Waals surface area (Å²) in [6, 6.07) is 13.9. The summed E-state index contributed by atoms with van der Waals surface area (Å²) in [6.45, 7) is 0.675.